The fraction of sp³-hybridized carbons (Fsp3) is 0.375. The quantitative estimate of drug-likeness (QED) is 0.721. The van der Waals surface area contributed by atoms with E-state index in [4.69, 9.17) is 9.47 Å². The highest BCUT2D eigenvalue weighted by molar-refractivity contribution is 5.91. The minimum absolute atomic E-state index is 0.101. The Labute approximate surface area is 184 Å². The van der Waals surface area contributed by atoms with E-state index in [0.29, 0.717) is 31.8 Å². The van der Waals surface area contributed by atoms with E-state index in [9.17, 15) is 18.0 Å². The number of halogens is 3. The van der Waals surface area contributed by atoms with Crippen LogP contribution in [0.3, 0.4) is 0 Å². The summed E-state index contributed by atoms with van der Waals surface area (Å²) in [5.74, 6) is -0.101. The summed E-state index contributed by atoms with van der Waals surface area (Å²) in [6.07, 6.45) is -4.09. The molecule has 1 amide bonds. The Hall–Kier alpha value is -2.68. The Morgan fingerprint density at radius 1 is 1.19 bits per heavy atom. The molecule has 2 heterocycles. The Morgan fingerprint density at radius 3 is 2.66 bits per heavy atom. The second-order valence-corrected chi connectivity index (χ2v) is 7.99. The van der Waals surface area contributed by atoms with Crippen molar-refractivity contribution in [2.45, 2.75) is 31.5 Å². The van der Waals surface area contributed by atoms with Gasteiger partial charge in [-0.3, -0.25) is 9.69 Å². The van der Waals surface area contributed by atoms with Crippen LogP contribution < -0.4 is 5.32 Å². The highest BCUT2D eigenvalue weighted by Gasteiger charge is 2.37. The van der Waals surface area contributed by atoms with Gasteiger partial charge in [0.2, 0.25) is 5.91 Å². The minimum atomic E-state index is -4.42. The maximum Gasteiger partial charge on any atom is 0.416 e. The van der Waals surface area contributed by atoms with E-state index >= 15 is 0 Å². The van der Waals surface area contributed by atoms with Crippen LogP contribution in [0.1, 0.15) is 35.8 Å². The van der Waals surface area contributed by atoms with Crippen molar-refractivity contribution in [1.82, 2.24) is 10.2 Å². The molecule has 32 heavy (non-hydrogen) atoms. The van der Waals surface area contributed by atoms with Gasteiger partial charge in [0.1, 0.15) is 0 Å². The lowest BCUT2D eigenvalue weighted by Gasteiger charge is -2.42. The summed E-state index contributed by atoms with van der Waals surface area (Å²) in [7, 11) is 0. The Morgan fingerprint density at radius 2 is 1.97 bits per heavy atom. The fourth-order valence-corrected chi connectivity index (χ4v) is 4.10. The molecule has 5 nitrogen and oxygen atoms in total. The number of alkyl halides is 3. The maximum atomic E-state index is 13.1. The van der Waals surface area contributed by atoms with Gasteiger partial charge in [-0.2, -0.15) is 13.2 Å². The van der Waals surface area contributed by atoms with Crippen LogP contribution in [-0.4, -0.2) is 43.3 Å². The number of carbonyl (C=O) groups is 1. The van der Waals surface area contributed by atoms with Crippen molar-refractivity contribution in [1.29, 1.82) is 0 Å². The van der Waals surface area contributed by atoms with Crippen LogP contribution in [-0.2, 0) is 20.4 Å². The van der Waals surface area contributed by atoms with Crippen LogP contribution in [0.25, 0.3) is 0 Å². The van der Waals surface area contributed by atoms with E-state index in [-0.39, 0.29) is 11.9 Å². The molecule has 0 aromatic heterocycles. The number of hydrogen-bond donors (Lipinski definition) is 1. The lowest BCUT2D eigenvalue weighted by molar-refractivity contribution is -0.228. The molecule has 0 aliphatic carbocycles. The number of nitrogens with one attached hydrogen (secondary N) is 1. The van der Waals surface area contributed by atoms with Crippen molar-refractivity contribution >= 4 is 5.91 Å². The summed E-state index contributed by atoms with van der Waals surface area (Å²) >= 11 is 0. The summed E-state index contributed by atoms with van der Waals surface area (Å²) < 4.78 is 51.6. The van der Waals surface area contributed by atoms with Crippen LogP contribution in [0.4, 0.5) is 13.2 Å². The smallest absolute Gasteiger partial charge is 0.349 e. The molecule has 2 aliphatic heterocycles. The van der Waals surface area contributed by atoms with Crippen LogP contribution in [0.2, 0.25) is 0 Å². The number of hydrogen-bond acceptors (Lipinski definition) is 4. The van der Waals surface area contributed by atoms with E-state index < -0.39 is 24.1 Å². The number of benzene rings is 2. The Bertz CT molecular complexity index is 978. The van der Waals surface area contributed by atoms with Gasteiger partial charge in [-0.1, -0.05) is 42.5 Å². The number of amides is 1. The van der Waals surface area contributed by atoms with Crippen LogP contribution in [0.5, 0.6) is 0 Å². The molecule has 0 saturated carbocycles. The summed E-state index contributed by atoms with van der Waals surface area (Å²) in [5.41, 5.74) is 1.68. The number of morpholine rings is 1. The fourth-order valence-electron chi connectivity index (χ4n) is 4.10. The van der Waals surface area contributed by atoms with E-state index in [2.05, 4.69) is 10.2 Å². The van der Waals surface area contributed by atoms with Crippen molar-refractivity contribution < 1.29 is 27.4 Å². The standard InChI is InChI=1S/C24H25F3N2O3/c1-16(19-8-5-9-20(13-19)24(25,26)27)32-23-22(18-6-3-2-4-7-18)29(10-11-31-23)15-17-12-21(30)28-14-17/h2-9,12-13,16,22-23H,10-11,14-15H2,1H3,(H,28,30)/t16-,22+,23-/m1/s1. The zero-order valence-electron chi connectivity index (χ0n) is 17.6. The normalized spacial score (nSPS) is 23.0. The summed E-state index contributed by atoms with van der Waals surface area (Å²) in [5, 5.41) is 2.78. The van der Waals surface area contributed by atoms with Gasteiger partial charge in [-0.05, 0) is 35.8 Å². The third-order valence-corrected chi connectivity index (χ3v) is 5.71. The van der Waals surface area contributed by atoms with Gasteiger partial charge < -0.3 is 14.8 Å². The number of nitrogens with zero attached hydrogens (tertiary/aromatic N) is 1. The number of rotatable bonds is 6. The number of carbonyl (C=O) groups excluding carboxylic acids is 1. The van der Waals surface area contributed by atoms with Crippen molar-refractivity contribution in [2.24, 2.45) is 0 Å². The Kier molecular flexibility index (Phi) is 6.64. The molecular weight excluding hydrogens is 421 g/mol. The first-order chi connectivity index (χ1) is 15.3. The molecule has 2 aromatic rings. The molecule has 8 heteroatoms. The average Bonchev–Trinajstić information content (AvgIpc) is 3.18. The summed E-state index contributed by atoms with van der Waals surface area (Å²) in [6, 6.07) is 14.6. The molecule has 0 unspecified atom stereocenters. The molecule has 3 atom stereocenters. The third-order valence-electron chi connectivity index (χ3n) is 5.71. The first-order valence-electron chi connectivity index (χ1n) is 10.5. The minimum Gasteiger partial charge on any atom is -0.349 e. The largest absolute Gasteiger partial charge is 0.416 e. The van der Waals surface area contributed by atoms with Gasteiger partial charge in [0.05, 0.1) is 24.3 Å². The second kappa shape index (κ2) is 9.44. The SMILES string of the molecule is C[C@@H](O[C@H]1OCCN(CC2=CC(=O)NC2)[C@H]1c1ccccc1)c1cccc(C(F)(F)F)c1. The molecule has 1 N–H and O–H groups in total. The first kappa shape index (κ1) is 22.5. The molecule has 0 radical (unpaired) electrons. The van der Waals surface area contributed by atoms with Crippen molar-refractivity contribution in [3.8, 4) is 0 Å². The molecular formula is C24H25F3N2O3. The Balaban J connectivity index is 1.57. The summed E-state index contributed by atoms with van der Waals surface area (Å²) in [4.78, 5) is 13.8. The number of ether oxygens (including phenoxy) is 2. The zero-order valence-corrected chi connectivity index (χ0v) is 17.6. The van der Waals surface area contributed by atoms with E-state index in [1.165, 1.54) is 6.07 Å². The van der Waals surface area contributed by atoms with Gasteiger partial charge in [0, 0.05) is 25.7 Å². The van der Waals surface area contributed by atoms with Gasteiger partial charge in [0.25, 0.3) is 0 Å². The summed E-state index contributed by atoms with van der Waals surface area (Å²) in [6.45, 7) is 3.85. The highest BCUT2D eigenvalue weighted by Crippen LogP contribution is 2.36. The molecule has 2 aliphatic rings. The van der Waals surface area contributed by atoms with Crippen molar-refractivity contribution in [3.05, 3.63) is 82.9 Å². The topological polar surface area (TPSA) is 50.8 Å². The third kappa shape index (κ3) is 5.20. The zero-order chi connectivity index (χ0) is 22.7. The predicted octanol–water partition coefficient (Wildman–Crippen LogP) is 4.24. The average molecular weight is 446 g/mol. The van der Waals surface area contributed by atoms with Gasteiger partial charge >= 0.3 is 6.18 Å². The van der Waals surface area contributed by atoms with Crippen molar-refractivity contribution in [2.75, 3.05) is 26.2 Å². The molecule has 4 rings (SSSR count). The lowest BCUT2D eigenvalue weighted by Crippen LogP contribution is -2.47. The molecule has 170 valence electrons. The van der Waals surface area contributed by atoms with Crippen LogP contribution in [0, 0.1) is 0 Å². The molecule has 0 bridgehead atoms. The van der Waals surface area contributed by atoms with Crippen LogP contribution >= 0.6 is 0 Å². The van der Waals surface area contributed by atoms with E-state index in [1.54, 1.807) is 19.1 Å². The monoisotopic (exact) mass is 446 g/mol. The molecule has 1 fully saturated rings. The highest BCUT2D eigenvalue weighted by atomic mass is 19.4. The van der Waals surface area contributed by atoms with E-state index in [1.807, 2.05) is 30.3 Å². The van der Waals surface area contributed by atoms with Gasteiger partial charge in [0.15, 0.2) is 6.29 Å². The first-order valence-corrected chi connectivity index (χ1v) is 10.5. The van der Waals surface area contributed by atoms with Crippen molar-refractivity contribution in [3.63, 3.8) is 0 Å². The lowest BCUT2D eigenvalue weighted by atomic mass is 10.0. The maximum absolute atomic E-state index is 13.1. The molecule has 0 spiro atoms. The molecule has 2 aromatic carbocycles. The van der Waals surface area contributed by atoms with Gasteiger partial charge in [-0.25, -0.2) is 0 Å². The van der Waals surface area contributed by atoms with E-state index in [0.717, 1.165) is 23.3 Å². The van der Waals surface area contributed by atoms with Crippen LogP contribution in [0.15, 0.2) is 66.2 Å². The molecule has 1 saturated heterocycles. The predicted molar refractivity (Wildman–Crippen MR) is 113 cm³/mol. The second-order valence-electron chi connectivity index (χ2n) is 7.99. The van der Waals surface area contributed by atoms with Gasteiger partial charge in [-0.15, -0.1) is 0 Å².